The topological polar surface area (TPSA) is 60.9 Å². The molecule has 3 aromatic rings. The Bertz CT molecular complexity index is 776. The van der Waals surface area contributed by atoms with Crippen LogP contribution in [0.15, 0.2) is 36.9 Å². The molecule has 0 spiro atoms. The molecule has 0 radical (unpaired) electrons. The Hall–Kier alpha value is -2.70. The van der Waals surface area contributed by atoms with E-state index in [4.69, 9.17) is 0 Å². The highest BCUT2D eigenvalue weighted by Gasteiger charge is 2.20. The van der Waals surface area contributed by atoms with Crippen molar-refractivity contribution in [3.8, 4) is 0 Å². The smallest absolute Gasteiger partial charge is 0.142 e. The number of aromatic nitrogens is 4. The predicted molar refractivity (Wildman–Crippen MR) is 82.5 cm³/mol. The van der Waals surface area contributed by atoms with Gasteiger partial charge in [-0.25, -0.2) is 19.3 Å². The number of H-pyrrole nitrogens is 1. The first-order chi connectivity index (χ1) is 10.8. The number of piperazine rings is 1. The third-order valence-electron chi connectivity index (χ3n) is 3.95. The van der Waals surface area contributed by atoms with Gasteiger partial charge in [0.05, 0.1) is 11.6 Å². The molecule has 4 heterocycles. The highest BCUT2D eigenvalue weighted by Crippen LogP contribution is 2.24. The van der Waals surface area contributed by atoms with Crippen molar-refractivity contribution in [2.24, 2.45) is 0 Å². The summed E-state index contributed by atoms with van der Waals surface area (Å²) in [7, 11) is 0. The van der Waals surface area contributed by atoms with E-state index in [1.54, 1.807) is 12.4 Å². The quantitative estimate of drug-likeness (QED) is 0.782. The van der Waals surface area contributed by atoms with E-state index in [9.17, 15) is 4.39 Å². The van der Waals surface area contributed by atoms with Crippen LogP contribution >= 0.6 is 0 Å². The minimum Gasteiger partial charge on any atom is -0.353 e. The minimum atomic E-state index is -0.307. The SMILES string of the molecule is Fc1ccc(N2CCN(c3ncnc4[nH]ccc34)CC2)nc1. The van der Waals surface area contributed by atoms with Crippen molar-refractivity contribution in [2.75, 3.05) is 36.0 Å². The third-order valence-corrected chi connectivity index (χ3v) is 3.95. The maximum Gasteiger partial charge on any atom is 0.142 e. The second kappa shape index (κ2) is 5.25. The van der Waals surface area contributed by atoms with Crippen LogP contribution in [0.5, 0.6) is 0 Å². The Morgan fingerprint density at radius 1 is 0.955 bits per heavy atom. The zero-order valence-corrected chi connectivity index (χ0v) is 11.9. The second-order valence-electron chi connectivity index (χ2n) is 5.25. The van der Waals surface area contributed by atoms with Crippen molar-refractivity contribution in [3.05, 3.63) is 42.7 Å². The number of halogens is 1. The van der Waals surface area contributed by atoms with Gasteiger partial charge in [0.25, 0.3) is 0 Å². The standard InChI is InChI=1S/C15H15FN6/c16-11-1-2-13(18-9-11)21-5-7-22(8-6-21)15-12-3-4-17-14(12)19-10-20-15/h1-4,9-10H,5-8H2,(H,17,19,20). The first-order valence-corrected chi connectivity index (χ1v) is 7.21. The lowest BCUT2D eigenvalue weighted by atomic mass is 10.2. The maximum absolute atomic E-state index is 12.9. The van der Waals surface area contributed by atoms with Crippen molar-refractivity contribution in [3.63, 3.8) is 0 Å². The lowest BCUT2D eigenvalue weighted by Gasteiger charge is -2.36. The van der Waals surface area contributed by atoms with Crippen LogP contribution in [0.2, 0.25) is 0 Å². The first-order valence-electron chi connectivity index (χ1n) is 7.21. The molecule has 1 aliphatic rings. The molecule has 0 bridgehead atoms. The Labute approximate surface area is 126 Å². The molecule has 1 aliphatic heterocycles. The van der Waals surface area contributed by atoms with E-state index in [0.717, 1.165) is 48.8 Å². The summed E-state index contributed by atoms with van der Waals surface area (Å²) in [6.45, 7) is 3.34. The highest BCUT2D eigenvalue weighted by atomic mass is 19.1. The van der Waals surface area contributed by atoms with Crippen molar-refractivity contribution >= 4 is 22.7 Å². The molecule has 0 aliphatic carbocycles. The van der Waals surface area contributed by atoms with Crippen LogP contribution in [0.1, 0.15) is 0 Å². The zero-order chi connectivity index (χ0) is 14.9. The molecular formula is C15H15FN6. The molecule has 4 rings (SSSR count). The molecule has 1 N–H and O–H groups in total. The van der Waals surface area contributed by atoms with Crippen molar-refractivity contribution in [1.82, 2.24) is 19.9 Å². The summed E-state index contributed by atoms with van der Waals surface area (Å²) in [5.74, 6) is 1.46. The van der Waals surface area contributed by atoms with Gasteiger partial charge in [0.15, 0.2) is 0 Å². The van der Waals surface area contributed by atoms with E-state index < -0.39 is 0 Å². The Morgan fingerprint density at radius 3 is 2.55 bits per heavy atom. The van der Waals surface area contributed by atoms with Crippen LogP contribution in [-0.4, -0.2) is 46.1 Å². The number of hydrogen-bond acceptors (Lipinski definition) is 5. The van der Waals surface area contributed by atoms with Crippen LogP contribution in [0, 0.1) is 5.82 Å². The average molecular weight is 298 g/mol. The van der Waals surface area contributed by atoms with Crippen LogP contribution < -0.4 is 9.80 Å². The summed E-state index contributed by atoms with van der Waals surface area (Å²) in [5.41, 5.74) is 0.854. The Morgan fingerprint density at radius 2 is 1.77 bits per heavy atom. The predicted octanol–water partition coefficient (Wildman–Crippen LogP) is 1.82. The second-order valence-corrected chi connectivity index (χ2v) is 5.25. The molecule has 0 atom stereocenters. The van der Waals surface area contributed by atoms with Gasteiger partial charge in [-0.2, -0.15) is 0 Å². The zero-order valence-electron chi connectivity index (χ0n) is 11.9. The summed E-state index contributed by atoms with van der Waals surface area (Å²) >= 11 is 0. The molecular weight excluding hydrogens is 283 g/mol. The molecule has 112 valence electrons. The fourth-order valence-corrected chi connectivity index (χ4v) is 2.81. The van der Waals surface area contributed by atoms with Gasteiger partial charge in [0, 0.05) is 32.4 Å². The van der Waals surface area contributed by atoms with E-state index in [0.29, 0.717) is 0 Å². The molecule has 1 saturated heterocycles. The van der Waals surface area contributed by atoms with E-state index >= 15 is 0 Å². The molecule has 0 amide bonds. The number of anilines is 2. The minimum absolute atomic E-state index is 0.307. The summed E-state index contributed by atoms with van der Waals surface area (Å²) in [5, 5.41) is 1.04. The highest BCUT2D eigenvalue weighted by molar-refractivity contribution is 5.87. The van der Waals surface area contributed by atoms with Gasteiger partial charge in [-0.15, -0.1) is 0 Å². The first kappa shape index (κ1) is 13.0. The Kier molecular flexibility index (Phi) is 3.10. The van der Waals surface area contributed by atoms with Crippen LogP contribution in [0.4, 0.5) is 16.0 Å². The van der Waals surface area contributed by atoms with Gasteiger partial charge in [-0.1, -0.05) is 0 Å². The average Bonchev–Trinajstić information content (AvgIpc) is 3.04. The molecule has 7 heteroatoms. The monoisotopic (exact) mass is 298 g/mol. The largest absolute Gasteiger partial charge is 0.353 e. The summed E-state index contributed by atoms with van der Waals surface area (Å²) in [6.07, 6.45) is 4.72. The molecule has 0 aromatic carbocycles. The number of fused-ring (bicyclic) bond motifs is 1. The fraction of sp³-hybridized carbons (Fsp3) is 0.267. The normalized spacial score (nSPS) is 15.5. The number of nitrogens with zero attached hydrogens (tertiary/aromatic N) is 5. The van der Waals surface area contributed by atoms with Gasteiger partial charge in [-0.05, 0) is 18.2 Å². The summed E-state index contributed by atoms with van der Waals surface area (Å²) in [4.78, 5) is 20.3. The number of nitrogens with one attached hydrogen (secondary N) is 1. The third kappa shape index (κ3) is 2.24. The number of aromatic amines is 1. The van der Waals surface area contributed by atoms with Crippen molar-refractivity contribution in [2.45, 2.75) is 0 Å². The molecule has 22 heavy (non-hydrogen) atoms. The number of pyridine rings is 1. The van der Waals surface area contributed by atoms with Gasteiger partial charge < -0.3 is 14.8 Å². The lowest BCUT2D eigenvalue weighted by molar-refractivity contribution is 0.614. The van der Waals surface area contributed by atoms with E-state index in [1.807, 2.05) is 12.3 Å². The molecule has 0 saturated carbocycles. The van der Waals surface area contributed by atoms with Crippen LogP contribution in [-0.2, 0) is 0 Å². The molecule has 0 unspecified atom stereocenters. The van der Waals surface area contributed by atoms with Crippen molar-refractivity contribution in [1.29, 1.82) is 0 Å². The lowest BCUT2D eigenvalue weighted by Crippen LogP contribution is -2.47. The van der Waals surface area contributed by atoms with Gasteiger partial charge >= 0.3 is 0 Å². The van der Waals surface area contributed by atoms with E-state index in [2.05, 4.69) is 29.7 Å². The number of rotatable bonds is 2. The maximum atomic E-state index is 12.9. The fourth-order valence-electron chi connectivity index (χ4n) is 2.81. The molecule has 1 fully saturated rings. The van der Waals surface area contributed by atoms with Crippen LogP contribution in [0.3, 0.4) is 0 Å². The van der Waals surface area contributed by atoms with Crippen LogP contribution in [0.25, 0.3) is 11.0 Å². The van der Waals surface area contributed by atoms with Gasteiger partial charge in [-0.3, -0.25) is 0 Å². The summed E-state index contributed by atoms with van der Waals surface area (Å²) in [6, 6.07) is 5.17. The molecule has 3 aromatic heterocycles. The number of hydrogen-bond donors (Lipinski definition) is 1. The van der Waals surface area contributed by atoms with E-state index in [-0.39, 0.29) is 5.82 Å². The Balaban J connectivity index is 1.52. The van der Waals surface area contributed by atoms with E-state index in [1.165, 1.54) is 12.3 Å². The van der Waals surface area contributed by atoms with Crippen molar-refractivity contribution < 1.29 is 4.39 Å². The summed E-state index contributed by atoms with van der Waals surface area (Å²) < 4.78 is 12.9. The molecule has 6 nitrogen and oxygen atoms in total. The van der Waals surface area contributed by atoms with Gasteiger partial charge in [0.1, 0.15) is 29.4 Å². The van der Waals surface area contributed by atoms with Gasteiger partial charge in [0.2, 0.25) is 0 Å².